The molecule has 96 valence electrons. The fourth-order valence-corrected chi connectivity index (χ4v) is 1.74. The van der Waals surface area contributed by atoms with Crippen molar-refractivity contribution in [1.82, 2.24) is 9.55 Å². The van der Waals surface area contributed by atoms with Crippen LogP contribution < -0.4 is 5.76 Å². The van der Waals surface area contributed by atoms with Gasteiger partial charge in [0.15, 0.2) is 5.76 Å². The van der Waals surface area contributed by atoms with Crippen LogP contribution in [0.5, 0.6) is 5.88 Å². The summed E-state index contributed by atoms with van der Waals surface area (Å²) in [6.45, 7) is 3.99. The highest BCUT2D eigenvalue weighted by atomic mass is 16.4. The van der Waals surface area contributed by atoms with E-state index >= 15 is 0 Å². The molecule has 0 unspecified atom stereocenters. The van der Waals surface area contributed by atoms with Crippen LogP contribution >= 0.6 is 0 Å². The summed E-state index contributed by atoms with van der Waals surface area (Å²) in [6, 6.07) is 3.96. The van der Waals surface area contributed by atoms with E-state index < -0.39 is 5.76 Å². The first kappa shape index (κ1) is 12.4. The molecule has 2 rings (SSSR count). The minimum atomic E-state index is -0.532. The molecule has 18 heavy (non-hydrogen) atoms. The summed E-state index contributed by atoms with van der Waals surface area (Å²) >= 11 is 0. The van der Waals surface area contributed by atoms with Crippen LogP contribution in [-0.2, 0) is 19.4 Å². The largest absolute Gasteiger partial charge is 0.492 e. The predicted octanol–water partition coefficient (Wildman–Crippen LogP) is 1.66. The van der Waals surface area contributed by atoms with Crippen molar-refractivity contribution in [3.63, 3.8) is 0 Å². The molecule has 2 aromatic heterocycles. The van der Waals surface area contributed by atoms with Gasteiger partial charge in [-0.2, -0.15) is 0 Å². The SMILES string of the molecule is CCc1ccc(CCn2c(O)c(C)oc2=O)nc1. The Morgan fingerprint density at radius 1 is 1.44 bits per heavy atom. The van der Waals surface area contributed by atoms with E-state index in [0.29, 0.717) is 13.0 Å². The summed E-state index contributed by atoms with van der Waals surface area (Å²) in [7, 11) is 0. The van der Waals surface area contributed by atoms with Gasteiger partial charge >= 0.3 is 5.76 Å². The smallest absolute Gasteiger partial charge is 0.422 e. The van der Waals surface area contributed by atoms with E-state index in [4.69, 9.17) is 4.42 Å². The molecule has 0 atom stereocenters. The summed E-state index contributed by atoms with van der Waals surface area (Å²) < 4.78 is 6.02. The quantitative estimate of drug-likeness (QED) is 0.893. The predicted molar refractivity (Wildman–Crippen MR) is 66.7 cm³/mol. The Labute approximate surface area is 105 Å². The second-order valence-corrected chi connectivity index (χ2v) is 4.16. The maximum absolute atomic E-state index is 11.4. The maximum atomic E-state index is 11.4. The number of aromatic hydroxyl groups is 1. The molecule has 5 heteroatoms. The second-order valence-electron chi connectivity index (χ2n) is 4.16. The lowest BCUT2D eigenvalue weighted by Crippen LogP contribution is -2.15. The van der Waals surface area contributed by atoms with E-state index in [9.17, 15) is 9.90 Å². The standard InChI is InChI=1S/C13H16N2O3/c1-3-10-4-5-11(14-8-10)6-7-15-12(16)9(2)18-13(15)17/h4-5,8,16H,3,6-7H2,1-2H3. The first-order valence-corrected chi connectivity index (χ1v) is 5.94. The molecular formula is C13H16N2O3. The number of rotatable bonds is 4. The Balaban J connectivity index is 2.09. The Hall–Kier alpha value is -2.04. The van der Waals surface area contributed by atoms with E-state index in [1.165, 1.54) is 10.1 Å². The zero-order valence-electron chi connectivity index (χ0n) is 10.5. The van der Waals surface area contributed by atoms with Crippen LogP contribution in [-0.4, -0.2) is 14.7 Å². The number of hydrogen-bond acceptors (Lipinski definition) is 4. The van der Waals surface area contributed by atoms with Gasteiger partial charge in [0.25, 0.3) is 0 Å². The zero-order chi connectivity index (χ0) is 13.1. The number of aromatic nitrogens is 2. The highest BCUT2D eigenvalue weighted by molar-refractivity contribution is 5.15. The van der Waals surface area contributed by atoms with Crippen LogP contribution in [0.25, 0.3) is 0 Å². The zero-order valence-corrected chi connectivity index (χ0v) is 10.5. The minimum absolute atomic E-state index is 0.106. The molecule has 0 amide bonds. The Kier molecular flexibility index (Phi) is 3.50. The summed E-state index contributed by atoms with van der Waals surface area (Å²) in [4.78, 5) is 15.7. The van der Waals surface area contributed by atoms with Gasteiger partial charge in [-0.1, -0.05) is 13.0 Å². The van der Waals surface area contributed by atoms with Crippen molar-refractivity contribution in [3.8, 4) is 5.88 Å². The van der Waals surface area contributed by atoms with E-state index in [1.807, 2.05) is 18.3 Å². The van der Waals surface area contributed by atoms with Gasteiger partial charge in [-0.05, 0) is 25.0 Å². The summed E-state index contributed by atoms with van der Waals surface area (Å²) in [5.74, 6) is -0.394. The normalized spacial score (nSPS) is 10.8. The van der Waals surface area contributed by atoms with Crippen molar-refractivity contribution in [3.05, 3.63) is 45.9 Å². The molecule has 2 aromatic rings. The highest BCUT2D eigenvalue weighted by Gasteiger charge is 2.11. The van der Waals surface area contributed by atoms with Crippen molar-refractivity contribution in [2.45, 2.75) is 33.2 Å². The van der Waals surface area contributed by atoms with Crippen molar-refractivity contribution < 1.29 is 9.52 Å². The Morgan fingerprint density at radius 2 is 2.22 bits per heavy atom. The van der Waals surface area contributed by atoms with Crippen molar-refractivity contribution in [2.75, 3.05) is 0 Å². The molecule has 0 aliphatic carbocycles. The van der Waals surface area contributed by atoms with Crippen LogP contribution in [0.2, 0.25) is 0 Å². The molecule has 0 aromatic carbocycles. The van der Waals surface area contributed by atoms with E-state index in [2.05, 4.69) is 11.9 Å². The third-order valence-electron chi connectivity index (χ3n) is 2.92. The van der Waals surface area contributed by atoms with Gasteiger partial charge in [0.05, 0.1) is 0 Å². The second kappa shape index (κ2) is 5.08. The highest BCUT2D eigenvalue weighted by Crippen LogP contribution is 2.13. The molecule has 0 fully saturated rings. The molecule has 0 radical (unpaired) electrons. The maximum Gasteiger partial charge on any atom is 0.422 e. The third-order valence-corrected chi connectivity index (χ3v) is 2.92. The van der Waals surface area contributed by atoms with Gasteiger partial charge in [-0.25, -0.2) is 9.36 Å². The number of nitrogens with zero attached hydrogens (tertiary/aromatic N) is 2. The van der Waals surface area contributed by atoms with Gasteiger partial charge in [0, 0.05) is 24.9 Å². The molecule has 5 nitrogen and oxygen atoms in total. The fourth-order valence-electron chi connectivity index (χ4n) is 1.74. The molecule has 2 heterocycles. The number of aryl methyl sites for hydroxylation is 3. The van der Waals surface area contributed by atoms with Crippen molar-refractivity contribution in [1.29, 1.82) is 0 Å². The summed E-state index contributed by atoms with van der Waals surface area (Å²) in [5.41, 5.74) is 2.07. The van der Waals surface area contributed by atoms with Crippen molar-refractivity contribution >= 4 is 0 Å². The van der Waals surface area contributed by atoms with Gasteiger partial charge in [0.1, 0.15) is 0 Å². The third kappa shape index (κ3) is 2.45. The summed E-state index contributed by atoms with van der Waals surface area (Å²) in [5, 5.41) is 9.63. The monoisotopic (exact) mass is 248 g/mol. The van der Waals surface area contributed by atoms with E-state index in [-0.39, 0.29) is 11.6 Å². The summed E-state index contributed by atoms with van der Waals surface area (Å²) in [6.07, 6.45) is 3.36. The van der Waals surface area contributed by atoms with Crippen LogP contribution in [0.1, 0.15) is 23.9 Å². The molecule has 0 aliphatic rings. The molecule has 0 saturated carbocycles. The number of hydrogen-bond donors (Lipinski definition) is 1. The molecule has 0 aliphatic heterocycles. The van der Waals surface area contributed by atoms with Crippen LogP contribution in [0, 0.1) is 6.92 Å². The Morgan fingerprint density at radius 3 is 2.72 bits per heavy atom. The minimum Gasteiger partial charge on any atom is -0.492 e. The molecule has 0 saturated heterocycles. The lowest BCUT2D eigenvalue weighted by molar-refractivity contribution is 0.409. The topological polar surface area (TPSA) is 68.3 Å². The molecular weight excluding hydrogens is 232 g/mol. The lowest BCUT2D eigenvalue weighted by Gasteiger charge is -2.03. The van der Waals surface area contributed by atoms with E-state index in [0.717, 1.165) is 12.1 Å². The Bertz CT molecular complexity index is 581. The van der Waals surface area contributed by atoms with Gasteiger partial charge in [0.2, 0.25) is 5.88 Å². The van der Waals surface area contributed by atoms with Gasteiger partial charge in [-0.15, -0.1) is 0 Å². The molecule has 0 spiro atoms. The van der Waals surface area contributed by atoms with Crippen LogP contribution in [0.15, 0.2) is 27.5 Å². The number of oxazole rings is 1. The first-order valence-electron chi connectivity index (χ1n) is 5.94. The average Bonchev–Trinajstić information content (AvgIpc) is 2.62. The average molecular weight is 248 g/mol. The lowest BCUT2D eigenvalue weighted by atomic mass is 10.2. The first-order chi connectivity index (χ1) is 8.61. The molecule has 1 N–H and O–H groups in total. The fraction of sp³-hybridized carbons (Fsp3) is 0.385. The molecule has 0 bridgehead atoms. The van der Waals surface area contributed by atoms with Crippen LogP contribution in [0.3, 0.4) is 0 Å². The van der Waals surface area contributed by atoms with Gasteiger partial charge in [-0.3, -0.25) is 4.98 Å². The number of pyridine rings is 1. The van der Waals surface area contributed by atoms with Crippen LogP contribution in [0.4, 0.5) is 0 Å². The van der Waals surface area contributed by atoms with Crippen molar-refractivity contribution in [2.24, 2.45) is 0 Å². The van der Waals surface area contributed by atoms with Gasteiger partial charge < -0.3 is 9.52 Å². The van der Waals surface area contributed by atoms with E-state index in [1.54, 1.807) is 6.92 Å².